The maximum atomic E-state index is 11.3. The first-order valence-corrected chi connectivity index (χ1v) is 4.85. The molecule has 17 heavy (non-hydrogen) atoms. The molecule has 2 aromatic rings. The van der Waals surface area contributed by atoms with Crippen LogP contribution in [0.1, 0.15) is 5.56 Å². The van der Waals surface area contributed by atoms with Gasteiger partial charge in [-0.2, -0.15) is 0 Å². The molecule has 0 amide bonds. The van der Waals surface area contributed by atoms with E-state index in [1.165, 1.54) is 12.1 Å². The van der Waals surface area contributed by atoms with Gasteiger partial charge in [0, 0.05) is 29.2 Å². The van der Waals surface area contributed by atoms with E-state index < -0.39 is 5.63 Å². The fourth-order valence-electron chi connectivity index (χ4n) is 1.61. The molecule has 0 saturated heterocycles. The molecule has 0 bridgehead atoms. The van der Waals surface area contributed by atoms with E-state index in [1.54, 1.807) is 19.2 Å². The highest BCUT2D eigenvalue weighted by molar-refractivity contribution is 5.82. The van der Waals surface area contributed by atoms with Gasteiger partial charge < -0.3 is 9.15 Å². The van der Waals surface area contributed by atoms with Gasteiger partial charge in [-0.1, -0.05) is 17.2 Å². The van der Waals surface area contributed by atoms with Crippen molar-refractivity contribution in [2.24, 2.45) is 5.11 Å². The monoisotopic (exact) mass is 231 g/mol. The maximum absolute atomic E-state index is 11.3. The van der Waals surface area contributed by atoms with Crippen LogP contribution in [0.5, 0.6) is 0 Å². The van der Waals surface area contributed by atoms with Gasteiger partial charge in [0.2, 0.25) is 0 Å². The van der Waals surface area contributed by atoms with Crippen molar-refractivity contribution in [3.05, 3.63) is 50.7 Å². The summed E-state index contributed by atoms with van der Waals surface area (Å²) in [5.41, 5.74) is 9.40. The van der Waals surface area contributed by atoms with Crippen LogP contribution in [0.4, 0.5) is 5.69 Å². The Balaban J connectivity index is 2.70. The molecule has 0 saturated carbocycles. The molecule has 1 aromatic heterocycles. The first-order chi connectivity index (χ1) is 8.24. The molecular formula is C11H9N3O3. The summed E-state index contributed by atoms with van der Waals surface area (Å²) in [7, 11) is 1.55. The van der Waals surface area contributed by atoms with E-state index in [0.717, 1.165) is 10.9 Å². The molecule has 0 radical (unpaired) electrons. The van der Waals surface area contributed by atoms with Crippen LogP contribution in [-0.4, -0.2) is 7.11 Å². The lowest BCUT2D eigenvalue weighted by atomic mass is 10.1. The summed E-state index contributed by atoms with van der Waals surface area (Å²) in [6.07, 6.45) is 0. The highest BCUT2D eigenvalue weighted by Crippen LogP contribution is 2.23. The van der Waals surface area contributed by atoms with Gasteiger partial charge in [-0.25, -0.2) is 4.79 Å². The Morgan fingerprint density at radius 1 is 1.47 bits per heavy atom. The molecule has 0 unspecified atom stereocenters. The van der Waals surface area contributed by atoms with Gasteiger partial charge in [0.05, 0.1) is 6.61 Å². The summed E-state index contributed by atoms with van der Waals surface area (Å²) < 4.78 is 10.0. The number of benzene rings is 1. The van der Waals surface area contributed by atoms with Gasteiger partial charge in [-0.3, -0.25) is 0 Å². The van der Waals surface area contributed by atoms with Crippen molar-refractivity contribution in [2.75, 3.05) is 7.11 Å². The second-order valence-electron chi connectivity index (χ2n) is 3.39. The molecule has 0 N–H and O–H groups in total. The quantitative estimate of drug-likeness (QED) is 0.352. The highest BCUT2D eigenvalue weighted by Gasteiger charge is 2.05. The Labute approximate surface area is 96.1 Å². The van der Waals surface area contributed by atoms with E-state index in [0.29, 0.717) is 17.9 Å². The van der Waals surface area contributed by atoms with Crippen LogP contribution in [0.15, 0.2) is 38.6 Å². The van der Waals surface area contributed by atoms with Crippen LogP contribution in [0.3, 0.4) is 0 Å². The largest absolute Gasteiger partial charge is 0.423 e. The fourth-order valence-corrected chi connectivity index (χ4v) is 1.61. The van der Waals surface area contributed by atoms with Gasteiger partial charge >= 0.3 is 5.63 Å². The van der Waals surface area contributed by atoms with E-state index in [-0.39, 0.29) is 0 Å². The number of fused-ring (bicyclic) bond motifs is 1. The number of hydrogen-bond donors (Lipinski definition) is 0. The summed E-state index contributed by atoms with van der Waals surface area (Å²) in [4.78, 5) is 14.0. The van der Waals surface area contributed by atoms with Gasteiger partial charge in [-0.15, -0.1) is 0 Å². The van der Waals surface area contributed by atoms with Crippen LogP contribution < -0.4 is 5.63 Å². The van der Waals surface area contributed by atoms with Crippen molar-refractivity contribution in [3.63, 3.8) is 0 Å². The third-order valence-corrected chi connectivity index (χ3v) is 2.27. The van der Waals surface area contributed by atoms with Crippen molar-refractivity contribution in [1.82, 2.24) is 0 Å². The third-order valence-electron chi connectivity index (χ3n) is 2.27. The first kappa shape index (κ1) is 11.2. The molecular weight excluding hydrogens is 222 g/mol. The summed E-state index contributed by atoms with van der Waals surface area (Å²) >= 11 is 0. The number of ether oxygens (including phenoxy) is 1. The molecule has 1 heterocycles. The van der Waals surface area contributed by atoms with Gasteiger partial charge in [-0.05, 0) is 17.2 Å². The van der Waals surface area contributed by atoms with Crippen molar-refractivity contribution < 1.29 is 9.15 Å². The van der Waals surface area contributed by atoms with Crippen LogP contribution in [0.2, 0.25) is 0 Å². The predicted molar refractivity (Wildman–Crippen MR) is 62.0 cm³/mol. The van der Waals surface area contributed by atoms with E-state index in [4.69, 9.17) is 14.7 Å². The minimum atomic E-state index is -0.456. The summed E-state index contributed by atoms with van der Waals surface area (Å²) in [6.45, 7) is 0.322. The lowest BCUT2D eigenvalue weighted by Crippen LogP contribution is -2.01. The zero-order chi connectivity index (χ0) is 12.3. The number of rotatable bonds is 3. The van der Waals surface area contributed by atoms with Crippen molar-refractivity contribution in [3.8, 4) is 0 Å². The number of methoxy groups -OCH3 is 1. The summed E-state index contributed by atoms with van der Waals surface area (Å²) in [5.74, 6) is 0. The molecule has 6 heteroatoms. The standard InChI is InChI=1S/C11H9N3O3/c1-16-6-7-4-11(15)17-10-5-8(13-14-12)2-3-9(7)10/h2-5H,6H2,1H3. The molecule has 1 aromatic carbocycles. The lowest BCUT2D eigenvalue weighted by molar-refractivity contribution is 0.185. The third kappa shape index (κ3) is 2.28. The number of azide groups is 1. The minimum Gasteiger partial charge on any atom is -0.423 e. The minimum absolute atomic E-state index is 0.322. The smallest absolute Gasteiger partial charge is 0.336 e. The zero-order valence-electron chi connectivity index (χ0n) is 9.08. The van der Waals surface area contributed by atoms with Crippen molar-refractivity contribution >= 4 is 16.7 Å². The Morgan fingerprint density at radius 2 is 2.29 bits per heavy atom. The van der Waals surface area contributed by atoms with Crippen LogP contribution >= 0.6 is 0 Å². The molecule has 0 atom stereocenters. The molecule has 6 nitrogen and oxygen atoms in total. The Kier molecular flexibility index (Phi) is 3.09. The topological polar surface area (TPSA) is 88.2 Å². The van der Waals surface area contributed by atoms with E-state index >= 15 is 0 Å². The lowest BCUT2D eigenvalue weighted by Gasteiger charge is -2.04. The highest BCUT2D eigenvalue weighted by atomic mass is 16.5. The van der Waals surface area contributed by atoms with Crippen molar-refractivity contribution in [1.29, 1.82) is 0 Å². The SMILES string of the molecule is COCc1cc(=O)oc2cc(N=[N+]=[N-])ccc12. The van der Waals surface area contributed by atoms with E-state index in [1.807, 2.05) is 0 Å². The van der Waals surface area contributed by atoms with Crippen LogP contribution in [0, 0.1) is 0 Å². The Bertz CT molecular complexity index is 657. The summed E-state index contributed by atoms with van der Waals surface area (Å²) in [5, 5.41) is 4.22. The van der Waals surface area contributed by atoms with Crippen molar-refractivity contribution in [2.45, 2.75) is 6.61 Å². The average molecular weight is 231 g/mol. The maximum Gasteiger partial charge on any atom is 0.336 e. The van der Waals surface area contributed by atoms with Gasteiger partial charge in [0.1, 0.15) is 5.58 Å². The normalized spacial score (nSPS) is 10.2. The summed E-state index contributed by atoms with van der Waals surface area (Å²) in [6, 6.07) is 6.30. The molecule has 0 aliphatic carbocycles. The Morgan fingerprint density at radius 3 is 3.00 bits per heavy atom. The van der Waals surface area contributed by atoms with E-state index in [2.05, 4.69) is 10.0 Å². The Hall–Kier alpha value is -2.30. The molecule has 2 rings (SSSR count). The molecule has 0 aliphatic rings. The van der Waals surface area contributed by atoms with Gasteiger partial charge in [0.25, 0.3) is 0 Å². The van der Waals surface area contributed by atoms with Crippen LogP contribution in [-0.2, 0) is 11.3 Å². The fraction of sp³-hybridized carbons (Fsp3) is 0.182. The first-order valence-electron chi connectivity index (χ1n) is 4.85. The molecule has 0 aliphatic heterocycles. The van der Waals surface area contributed by atoms with Gasteiger partial charge in [0.15, 0.2) is 0 Å². The second kappa shape index (κ2) is 4.69. The molecule has 86 valence electrons. The molecule has 0 spiro atoms. The average Bonchev–Trinajstić information content (AvgIpc) is 2.29. The number of nitrogens with zero attached hydrogens (tertiary/aromatic N) is 3. The van der Waals surface area contributed by atoms with Crippen LogP contribution in [0.25, 0.3) is 21.4 Å². The number of hydrogen-bond acceptors (Lipinski definition) is 4. The second-order valence-corrected chi connectivity index (χ2v) is 3.39. The van der Waals surface area contributed by atoms with E-state index in [9.17, 15) is 4.79 Å². The zero-order valence-corrected chi connectivity index (χ0v) is 9.08. The predicted octanol–water partition coefficient (Wildman–Crippen LogP) is 2.88. The molecule has 0 fully saturated rings.